The van der Waals surface area contributed by atoms with E-state index >= 15 is 0 Å². The quantitative estimate of drug-likeness (QED) is 0.351. The lowest BCUT2D eigenvalue weighted by Crippen LogP contribution is -2.55. The fourth-order valence-electron chi connectivity index (χ4n) is 10.8. The highest BCUT2D eigenvalue weighted by Gasteiger charge is 2.53. The summed E-state index contributed by atoms with van der Waals surface area (Å²) in [5, 5.41) is 20.8. The van der Waals surface area contributed by atoms with E-state index in [2.05, 4.69) is 68.8 Å². The summed E-state index contributed by atoms with van der Waals surface area (Å²) >= 11 is 0. The molecule has 44 heavy (non-hydrogen) atoms. The number of aliphatic hydroxyl groups is 1. The summed E-state index contributed by atoms with van der Waals surface area (Å²) in [5.41, 5.74) is 8.09. The molecule has 8 heteroatoms. The van der Waals surface area contributed by atoms with Crippen molar-refractivity contribution in [1.82, 2.24) is 19.6 Å². The third kappa shape index (κ3) is 5.86. The van der Waals surface area contributed by atoms with E-state index in [1.807, 2.05) is 6.92 Å². The van der Waals surface area contributed by atoms with Crippen LogP contribution in [0.25, 0.3) is 0 Å². The maximum atomic E-state index is 11.1. The first-order valence-electron chi connectivity index (χ1n) is 17.8. The van der Waals surface area contributed by atoms with Gasteiger partial charge in [0.25, 0.3) is 0 Å². The van der Waals surface area contributed by atoms with E-state index in [0.29, 0.717) is 35.3 Å². The maximum Gasteiger partial charge on any atom is 0.194 e. The molecule has 3 heterocycles. The molecule has 1 aromatic carbocycles. The van der Waals surface area contributed by atoms with Gasteiger partial charge in [-0.15, -0.1) is 0 Å². The molecule has 4 bridgehead atoms. The standard InChI is InChI=1S/C36H57N7O/c1-24(2)32-19-39-34(37)42(32)21-30-10-7-11-40(30)20-31(15-26-8-5-4-6-9-26)41-22-33(25(3)44)43(35(41)38)23-36-16-27-12-28(17-36)14-29(13-27)18-36/h4-6,8-9,24-25,27-33,38,44H,7,10-23H2,1-3H3,(H2,37,39)/t25-,27?,28?,29?,30+,31-,32+,33+,36?/m1/s1. The van der Waals surface area contributed by atoms with E-state index < -0.39 is 6.10 Å². The van der Waals surface area contributed by atoms with Crippen LogP contribution in [-0.4, -0.2) is 106 Å². The number of likely N-dealkylation sites (tertiary alicyclic amines) is 1. The predicted octanol–water partition coefficient (Wildman–Crippen LogP) is 4.24. The average Bonchev–Trinajstić information content (AvgIpc) is 3.66. The van der Waals surface area contributed by atoms with Crippen LogP contribution in [-0.2, 0) is 6.42 Å². The third-order valence-corrected chi connectivity index (χ3v) is 12.6. The van der Waals surface area contributed by atoms with Crippen LogP contribution < -0.4 is 5.73 Å². The Morgan fingerprint density at radius 2 is 1.68 bits per heavy atom. The van der Waals surface area contributed by atoms with E-state index in [4.69, 9.17) is 5.73 Å². The zero-order valence-electron chi connectivity index (χ0n) is 27.5. The third-order valence-electron chi connectivity index (χ3n) is 12.6. The second-order valence-corrected chi connectivity index (χ2v) is 16.1. The van der Waals surface area contributed by atoms with Crippen molar-refractivity contribution < 1.29 is 5.11 Å². The van der Waals surface area contributed by atoms with Crippen LogP contribution in [0.15, 0.2) is 35.3 Å². The van der Waals surface area contributed by atoms with Gasteiger partial charge < -0.3 is 25.5 Å². The Bertz CT molecular complexity index is 1160. The lowest BCUT2D eigenvalue weighted by Gasteiger charge is -2.58. The summed E-state index contributed by atoms with van der Waals surface area (Å²) in [6.45, 7) is 11.9. The summed E-state index contributed by atoms with van der Waals surface area (Å²) < 4.78 is 0. The van der Waals surface area contributed by atoms with E-state index in [1.165, 1.54) is 56.9 Å². The first-order chi connectivity index (χ1) is 21.2. The minimum absolute atomic E-state index is 0.0180. The van der Waals surface area contributed by atoms with E-state index in [9.17, 15) is 10.5 Å². The molecule has 6 fully saturated rings. The van der Waals surface area contributed by atoms with Gasteiger partial charge in [-0.25, -0.2) is 0 Å². The zero-order valence-corrected chi connectivity index (χ0v) is 27.5. The largest absolute Gasteiger partial charge is 0.391 e. The van der Waals surface area contributed by atoms with Crippen molar-refractivity contribution in [2.24, 2.45) is 39.8 Å². The van der Waals surface area contributed by atoms with Gasteiger partial charge in [0.05, 0.1) is 24.7 Å². The molecule has 3 aliphatic heterocycles. The van der Waals surface area contributed by atoms with Gasteiger partial charge in [0.15, 0.2) is 11.9 Å². The molecule has 8 rings (SSSR count). The molecule has 4 aliphatic carbocycles. The van der Waals surface area contributed by atoms with E-state index in [0.717, 1.165) is 63.4 Å². The molecule has 4 saturated carbocycles. The van der Waals surface area contributed by atoms with Gasteiger partial charge in [-0.3, -0.25) is 15.3 Å². The SMILES string of the molecule is CC(C)[C@@H]1CN=C(N)N1C[C@@H]1CCCN1C[C@@H](Cc1ccccc1)N1C[C@@H]([C@@H](C)O)N(CC23CC4CC(CC(C4)C2)C3)C1=N. The molecule has 4 N–H and O–H groups in total. The van der Waals surface area contributed by atoms with Gasteiger partial charge in [0, 0.05) is 38.3 Å². The molecule has 0 amide bonds. The van der Waals surface area contributed by atoms with Gasteiger partial charge in [-0.1, -0.05) is 44.2 Å². The number of hydrogen-bond acceptors (Lipinski definition) is 6. The van der Waals surface area contributed by atoms with Crippen LogP contribution >= 0.6 is 0 Å². The number of aliphatic hydroxyl groups excluding tert-OH is 1. The number of nitrogens with one attached hydrogen (secondary N) is 1. The molecule has 8 nitrogen and oxygen atoms in total. The minimum atomic E-state index is -0.462. The maximum absolute atomic E-state index is 11.1. The van der Waals surface area contributed by atoms with Crippen LogP contribution in [0.5, 0.6) is 0 Å². The minimum Gasteiger partial charge on any atom is -0.391 e. The number of guanidine groups is 2. The molecular weight excluding hydrogens is 546 g/mol. The lowest BCUT2D eigenvalue weighted by molar-refractivity contribution is -0.0673. The molecule has 0 aromatic heterocycles. The van der Waals surface area contributed by atoms with Crippen LogP contribution in [0.2, 0.25) is 0 Å². The molecule has 1 aromatic rings. The zero-order chi connectivity index (χ0) is 30.6. The summed E-state index contributed by atoms with van der Waals surface area (Å²) in [7, 11) is 0. The van der Waals surface area contributed by atoms with E-state index in [1.54, 1.807) is 0 Å². The Morgan fingerprint density at radius 3 is 2.32 bits per heavy atom. The van der Waals surface area contributed by atoms with Gasteiger partial charge in [0.1, 0.15) is 0 Å². The number of aliphatic imine (C=N–C) groups is 1. The van der Waals surface area contributed by atoms with Crippen molar-refractivity contribution >= 4 is 11.9 Å². The lowest BCUT2D eigenvalue weighted by atomic mass is 9.49. The van der Waals surface area contributed by atoms with Crippen molar-refractivity contribution in [2.45, 2.75) is 109 Å². The first kappa shape index (κ1) is 30.3. The van der Waals surface area contributed by atoms with E-state index in [-0.39, 0.29) is 12.1 Å². The molecule has 0 spiro atoms. The molecular formula is C36H57N7O. The van der Waals surface area contributed by atoms with Crippen LogP contribution in [0, 0.1) is 34.5 Å². The Morgan fingerprint density at radius 1 is 1.00 bits per heavy atom. The van der Waals surface area contributed by atoms with Crippen LogP contribution in [0.4, 0.5) is 0 Å². The van der Waals surface area contributed by atoms with Crippen molar-refractivity contribution in [1.29, 1.82) is 5.41 Å². The monoisotopic (exact) mass is 603 g/mol. The van der Waals surface area contributed by atoms with Gasteiger partial charge in [-0.2, -0.15) is 0 Å². The average molecular weight is 604 g/mol. The normalized spacial score (nSPS) is 36.6. The number of nitrogens with zero attached hydrogens (tertiary/aromatic N) is 5. The van der Waals surface area contributed by atoms with Gasteiger partial charge in [-0.05, 0) is 106 Å². The summed E-state index contributed by atoms with van der Waals surface area (Å²) in [4.78, 5) is 14.4. The number of rotatable bonds is 11. The van der Waals surface area contributed by atoms with Crippen molar-refractivity contribution in [3.63, 3.8) is 0 Å². The fourth-order valence-corrected chi connectivity index (χ4v) is 10.8. The molecule has 0 radical (unpaired) electrons. The Kier molecular flexibility index (Phi) is 8.36. The van der Waals surface area contributed by atoms with Crippen molar-refractivity contribution in [3.8, 4) is 0 Å². The van der Waals surface area contributed by atoms with Crippen molar-refractivity contribution in [3.05, 3.63) is 35.9 Å². The number of benzene rings is 1. The highest BCUT2D eigenvalue weighted by Crippen LogP contribution is 2.60. The smallest absolute Gasteiger partial charge is 0.194 e. The fraction of sp³-hybridized carbons (Fsp3) is 0.778. The number of nitrogens with two attached hydrogens (primary N) is 1. The van der Waals surface area contributed by atoms with Gasteiger partial charge in [0.2, 0.25) is 0 Å². The Labute approximate surface area is 265 Å². The molecule has 5 atom stereocenters. The van der Waals surface area contributed by atoms with Crippen molar-refractivity contribution in [2.75, 3.05) is 39.3 Å². The summed E-state index contributed by atoms with van der Waals surface area (Å²) in [6, 6.07) is 11.8. The predicted molar refractivity (Wildman–Crippen MR) is 178 cm³/mol. The Balaban J connectivity index is 1.11. The molecule has 242 valence electrons. The first-order valence-corrected chi connectivity index (χ1v) is 17.8. The molecule has 7 aliphatic rings. The second-order valence-electron chi connectivity index (χ2n) is 16.1. The summed E-state index contributed by atoms with van der Waals surface area (Å²) in [5.74, 6) is 4.55. The molecule has 2 saturated heterocycles. The van der Waals surface area contributed by atoms with Crippen LogP contribution in [0.1, 0.15) is 77.7 Å². The topological polar surface area (TPSA) is 95.4 Å². The summed E-state index contributed by atoms with van der Waals surface area (Å²) in [6.07, 6.45) is 11.1. The highest BCUT2D eigenvalue weighted by molar-refractivity contribution is 5.81. The second kappa shape index (κ2) is 12.1. The molecule has 0 unspecified atom stereocenters. The van der Waals surface area contributed by atoms with Gasteiger partial charge >= 0.3 is 0 Å². The van der Waals surface area contributed by atoms with Crippen LogP contribution in [0.3, 0.4) is 0 Å². The number of hydrogen-bond donors (Lipinski definition) is 3. The highest BCUT2D eigenvalue weighted by atomic mass is 16.3. The Hall–Kier alpha value is -2.32.